The van der Waals surface area contributed by atoms with Crippen molar-refractivity contribution in [3.05, 3.63) is 22.4 Å². The van der Waals surface area contributed by atoms with E-state index in [1.807, 2.05) is 18.4 Å². The molecule has 0 bridgehead atoms. The summed E-state index contributed by atoms with van der Waals surface area (Å²) in [5, 5.41) is 9.05. The summed E-state index contributed by atoms with van der Waals surface area (Å²) < 4.78 is 11.3. The van der Waals surface area contributed by atoms with Crippen LogP contribution in [0.5, 0.6) is 0 Å². The fourth-order valence-corrected chi connectivity index (χ4v) is 4.02. The Hall–Kier alpha value is -0.420. The van der Waals surface area contributed by atoms with Crippen LogP contribution in [0.2, 0.25) is 0 Å². The number of ether oxygens (including phenoxy) is 2. The maximum Gasteiger partial charge on any atom is 0.191 e. The zero-order valence-corrected chi connectivity index (χ0v) is 20.6. The van der Waals surface area contributed by atoms with E-state index in [-0.39, 0.29) is 30.1 Å². The Kier molecular flexibility index (Phi) is 14.1. The summed E-state index contributed by atoms with van der Waals surface area (Å²) in [6.07, 6.45) is 3.59. The van der Waals surface area contributed by atoms with E-state index in [0.29, 0.717) is 6.04 Å². The van der Waals surface area contributed by atoms with E-state index in [0.717, 1.165) is 64.8 Å². The summed E-state index contributed by atoms with van der Waals surface area (Å²) in [7, 11) is 1.82. The lowest BCUT2D eigenvalue weighted by Gasteiger charge is -2.37. The predicted molar refractivity (Wildman–Crippen MR) is 129 cm³/mol. The first-order valence-electron chi connectivity index (χ1n) is 10.2. The fraction of sp³-hybridized carbons (Fsp3) is 0.750. The van der Waals surface area contributed by atoms with Crippen molar-refractivity contribution in [1.82, 2.24) is 15.5 Å². The minimum atomic E-state index is 0. The minimum Gasteiger partial charge on any atom is -0.381 e. The first-order valence-corrected chi connectivity index (χ1v) is 11.0. The highest BCUT2D eigenvalue weighted by atomic mass is 127. The summed E-state index contributed by atoms with van der Waals surface area (Å²) in [6, 6.07) is 4.69. The van der Waals surface area contributed by atoms with Crippen molar-refractivity contribution in [2.75, 3.05) is 53.0 Å². The molecule has 162 valence electrons. The van der Waals surface area contributed by atoms with Gasteiger partial charge in [0.15, 0.2) is 5.96 Å². The lowest BCUT2D eigenvalue weighted by Crippen LogP contribution is -2.48. The Morgan fingerprint density at radius 1 is 1.39 bits per heavy atom. The Morgan fingerprint density at radius 3 is 2.89 bits per heavy atom. The average molecular weight is 525 g/mol. The van der Waals surface area contributed by atoms with Gasteiger partial charge in [-0.05, 0) is 31.2 Å². The fourth-order valence-electron chi connectivity index (χ4n) is 3.16. The van der Waals surface area contributed by atoms with Gasteiger partial charge in [-0.25, -0.2) is 0 Å². The van der Waals surface area contributed by atoms with Gasteiger partial charge < -0.3 is 20.1 Å². The van der Waals surface area contributed by atoms with E-state index < -0.39 is 0 Å². The van der Waals surface area contributed by atoms with Gasteiger partial charge in [0, 0.05) is 51.3 Å². The molecule has 0 amide bonds. The molecule has 8 heteroatoms. The van der Waals surface area contributed by atoms with E-state index in [2.05, 4.69) is 51.9 Å². The smallest absolute Gasteiger partial charge is 0.191 e. The number of hydrogen-bond acceptors (Lipinski definition) is 5. The lowest BCUT2D eigenvalue weighted by atomic mass is 10.1. The Morgan fingerprint density at radius 2 is 2.21 bits per heavy atom. The zero-order valence-electron chi connectivity index (χ0n) is 17.5. The molecule has 0 spiro atoms. The van der Waals surface area contributed by atoms with Crippen LogP contribution in [0.1, 0.15) is 44.0 Å². The molecule has 1 saturated heterocycles. The monoisotopic (exact) mass is 524 g/mol. The SMILES string of the molecule is CCCCOCCCNC(=NC)NCC(c1cccs1)N1CCOC(C)C1.I. The number of aliphatic imine (C=N–C) groups is 1. The van der Waals surface area contributed by atoms with Crippen LogP contribution in [0.25, 0.3) is 0 Å². The van der Waals surface area contributed by atoms with Crippen molar-refractivity contribution in [2.45, 2.75) is 45.3 Å². The molecule has 2 heterocycles. The molecule has 6 nitrogen and oxygen atoms in total. The summed E-state index contributed by atoms with van der Waals surface area (Å²) >= 11 is 1.82. The Labute approximate surface area is 191 Å². The van der Waals surface area contributed by atoms with Crippen molar-refractivity contribution in [3.63, 3.8) is 0 Å². The number of guanidine groups is 1. The molecule has 1 aliphatic heterocycles. The maximum atomic E-state index is 5.72. The van der Waals surface area contributed by atoms with Crippen LogP contribution in [0.3, 0.4) is 0 Å². The molecular weight excluding hydrogens is 487 g/mol. The molecule has 2 unspecified atom stereocenters. The quantitative estimate of drug-likeness (QED) is 0.201. The van der Waals surface area contributed by atoms with E-state index in [1.54, 1.807) is 0 Å². The van der Waals surface area contributed by atoms with Gasteiger partial charge in [0.2, 0.25) is 0 Å². The third-order valence-corrected chi connectivity index (χ3v) is 5.64. The standard InChI is InChI=1S/C20H36N4O2S.HI/c1-4-5-11-25-12-7-9-22-20(21-3)23-15-18(19-8-6-14-27-19)24-10-13-26-17(2)16-24;/h6,8,14,17-18H,4-5,7,9-13,15-16H2,1-3H3,(H2,21,22,23);1H. The number of morpholine rings is 1. The van der Waals surface area contributed by atoms with E-state index in [4.69, 9.17) is 9.47 Å². The number of nitrogens with zero attached hydrogens (tertiary/aromatic N) is 2. The van der Waals surface area contributed by atoms with Crippen molar-refractivity contribution in [3.8, 4) is 0 Å². The lowest BCUT2D eigenvalue weighted by molar-refractivity contribution is -0.0334. The van der Waals surface area contributed by atoms with Crippen LogP contribution in [-0.4, -0.2) is 70.0 Å². The third kappa shape index (κ3) is 9.39. The van der Waals surface area contributed by atoms with Crippen molar-refractivity contribution in [2.24, 2.45) is 4.99 Å². The number of rotatable bonds is 11. The summed E-state index contributed by atoms with van der Waals surface area (Å²) in [5.41, 5.74) is 0. The molecular formula is C20H37IN4O2S. The number of halogens is 1. The van der Waals surface area contributed by atoms with E-state index >= 15 is 0 Å². The Bertz CT molecular complexity index is 530. The second kappa shape index (κ2) is 15.4. The van der Waals surface area contributed by atoms with Gasteiger partial charge in [-0.15, -0.1) is 35.3 Å². The van der Waals surface area contributed by atoms with Crippen LogP contribution >= 0.6 is 35.3 Å². The molecule has 1 fully saturated rings. The second-order valence-corrected chi connectivity index (χ2v) is 7.89. The second-order valence-electron chi connectivity index (χ2n) is 6.91. The first kappa shape index (κ1) is 25.6. The third-order valence-electron chi connectivity index (χ3n) is 4.67. The summed E-state index contributed by atoms with van der Waals surface area (Å²) in [5.74, 6) is 0.853. The van der Waals surface area contributed by atoms with Crippen LogP contribution in [0, 0.1) is 0 Å². The molecule has 2 N–H and O–H groups in total. The maximum absolute atomic E-state index is 5.72. The molecule has 1 aromatic rings. The average Bonchev–Trinajstić information content (AvgIpc) is 3.20. The van der Waals surface area contributed by atoms with Gasteiger partial charge in [0.05, 0.1) is 18.8 Å². The molecule has 0 aliphatic carbocycles. The van der Waals surface area contributed by atoms with Crippen LogP contribution in [0.4, 0.5) is 0 Å². The van der Waals surface area contributed by atoms with Crippen molar-refractivity contribution < 1.29 is 9.47 Å². The number of nitrogens with one attached hydrogen (secondary N) is 2. The highest BCUT2D eigenvalue weighted by Gasteiger charge is 2.26. The van der Waals surface area contributed by atoms with E-state index in [1.165, 1.54) is 11.3 Å². The molecule has 2 atom stereocenters. The molecule has 1 aliphatic rings. The van der Waals surface area contributed by atoms with Crippen molar-refractivity contribution in [1.29, 1.82) is 0 Å². The molecule has 2 rings (SSSR count). The Balaban J connectivity index is 0.00000392. The minimum absolute atomic E-state index is 0. The largest absolute Gasteiger partial charge is 0.381 e. The highest BCUT2D eigenvalue weighted by molar-refractivity contribution is 14.0. The normalized spacial score (nSPS) is 19.1. The van der Waals surface area contributed by atoms with E-state index in [9.17, 15) is 0 Å². The highest BCUT2D eigenvalue weighted by Crippen LogP contribution is 2.26. The van der Waals surface area contributed by atoms with Gasteiger partial charge in [-0.1, -0.05) is 19.4 Å². The number of unbranched alkanes of at least 4 members (excludes halogenated alkanes) is 1. The van der Waals surface area contributed by atoms with Gasteiger partial charge in [0.25, 0.3) is 0 Å². The predicted octanol–water partition coefficient (Wildman–Crippen LogP) is 3.50. The number of thiophene rings is 1. The molecule has 0 radical (unpaired) electrons. The first-order chi connectivity index (χ1) is 13.2. The summed E-state index contributed by atoms with van der Waals surface area (Å²) in [4.78, 5) is 8.26. The molecule has 28 heavy (non-hydrogen) atoms. The zero-order chi connectivity index (χ0) is 19.3. The summed E-state index contributed by atoms with van der Waals surface area (Å²) in [6.45, 7) is 10.4. The molecule has 1 aromatic heterocycles. The van der Waals surface area contributed by atoms with Gasteiger partial charge in [-0.2, -0.15) is 0 Å². The topological polar surface area (TPSA) is 58.1 Å². The van der Waals surface area contributed by atoms with Crippen LogP contribution < -0.4 is 10.6 Å². The van der Waals surface area contributed by atoms with Gasteiger partial charge in [-0.3, -0.25) is 9.89 Å². The number of hydrogen-bond donors (Lipinski definition) is 2. The molecule has 0 aromatic carbocycles. The van der Waals surface area contributed by atoms with Crippen molar-refractivity contribution >= 4 is 41.3 Å². The van der Waals surface area contributed by atoms with Crippen LogP contribution in [0.15, 0.2) is 22.5 Å². The van der Waals surface area contributed by atoms with Crippen LogP contribution in [-0.2, 0) is 9.47 Å². The van der Waals surface area contributed by atoms with Gasteiger partial charge >= 0.3 is 0 Å². The molecule has 0 saturated carbocycles. The van der Waals surface area contributed by atoms with Gasteiger partial charge in [0.1, 0.15) is 0 Å².